The highest BCUT2D eigenvalue weighted by Gasteiger charge is 2.01. The van der Waals surface area contributed by atoms with E-state index >= 15 is 0 Å². The summed E-state index contributed by atoms with van der Waals surface area (Å²) in [4.78, 5) is 4.01. The number of rotatable bonds is 1. The van der Waals surface area contributed by atoms with Crippen molar-refractivity contribution in [3.63, 3.8) is 0 Å². The van der Waals surface area contributed by atoms with E-state index in [1.54, 1.807) is 6.20 Å². The normalized spacial score (nSPS) is 9.07. The van der Waals surface area contributed by atoms with Crippen molar-refractivity contribution >= 4 is 22.6 Å². The zero-order chi connectivity index (χ0) is 10.4. The van der Waals surface area contributed by atoms with Gasteiger partial charge in [0.2, 0.25) is 0 Å². The first-order valence-corrected chi connectivity index (χ1v) is 5.61. The lowest BCUT2D eigenvalue weighted by atomic mass is 10.2. The average Bonchev–Trinajstić information content (AvgIpc) is 2.69. The van der Waals surface area contributed by atoms with Crippen molar-refractivity contribution in [3.05, 3.63) is 40.4 Å². The predicted octanol–water partition coefficient (Wildman–Crippen LogP) is 3.97. The molecule has 0 aliphatic carbocycles. The Morgan fingerprint density at radius 1 is 1.14 bits per heavy atom. The van der Waals surface area contributed by atoms with Crippen LogP contribution in [0.5, 0.6) is 0 Å². The van der Waals surface area contributed by atoms with Gasteiger partial charge in [0.15, 0.2) is 5.76 Å². The third-order valence-corrected chi connectivity index (χ3v) is 2.03. The second-order valence-corrected chi connectivity index (χ2v) is 3.27. The van der Waals surface area contributed by atoms with Gasteiger partial charge in [0.05, 0.1) is 6.20 Å². The molecule has 0 N–H and O–H groups in total. The fourth-order valence-corrected chi connectivity index (χ4v) is 1.37. The Bertz CT molecular complexity index is 370. The maximum Gasteiger partial charge on any atom is 0.257 e. The average molecular weight is 301 g/mol. The third-order valence-electron chi connectivity index (χ3n) is 1.54. The van der Waals surface area contributed by atoms with Crippen LogP contribution in [-0.4, -0.2) is 4.98 Å². The van der Waals surface area contributed by atoms with Gasteiger partial charge in [0, 0.05) is 28.2 Å². The van der Waals surface area contributed by atoms with Crippen LogP contribution in [0.4, 0.5) is 0 Å². The molecular weight excluding hydrogens is 289 g/mol. The van der Waals surface area contributed by atoms with Crippen LogP contribution in [0.15, 0.2) is 40.9 Å². The molecular formula is C11H12INO. The van der Waals surface area contributed by atoms with Crippen molar-refractivity contribution in [2.75, 3.05) is 0 Å². The van der Waals surface area contributed by atoms with E-state index < -0.39 is 0 Å². The van der Waals surface area contributed by atoms with E-state index in [0.717, 1.165) is 11.3 Å². The SMILES string of the molecule is CC.Ic1ncc(-c2ccccc2)o1. The highest BCUT2D eigenvalue weighted by Crippen LogP contribution is 2.19. The molecule has 0 aliphatic heterocycles. The molecule has 0 aliphatic rings. The summed E-state index contributed by atoms with van der Waals surface area (Å²) in [6.07, 6.45) is 1.73. The summed E-state index contributed by atoms with van der Waals surface area (Å²) in [6.45, 7) is 4.00. The third kappa shape index (κ3) is 2.83. The Kier molecular flexibility index (Phi) is 4.65. The number of nitrogens with zero attached hydrogens (tertiary/aromatic N) is 1. The number of hydrogen-bond acceptors (Lipinski definition) is 2. The summed E-state index contributed by atoms with van der Waals surface area (Å²) in [7, 11) is 0. The van der Waals surface area contributed by atoms with E-state index in [0.29, 0.717) is 3.90 Å². The van der Waals surface area contributed by atoms with E-state index in [2.05, 4.69) is 4.98 Å². The van der Waals surface area contributed by atoms with Crippen molar-refractivity contribution < 1.29 is 4.42 Å². The number of hydrogen-bond donors (Lipinski definition) is 0. The van der Waals surface area contributed by atoms with Crippen LogP contribution in [-0.2, 0) is 0 Å². The van der Waals surface area contributed by atoms with Crippen molar-refractivity contribution in [1.82, 2.24) is 4.98 Å². The molecule has 0 amide bonds. The second kappa shape index (κ2) is 5.80. The second-order valence-electron chi connectivity index (χ2n) is 2.34. The molecule has 1 aromatic carbocycles. The van der Waals surface area contributed by atoms with Crippen LogP contribution in [0.2, 0.25) is 0 Å². The van der Waals surface area contributed by atoms with Gasteiger partial charge < -0.3 is 4.42 Å². The Morgan fingerprint density at radius 2 is 1.79 bits per heavy atom. The summed E-state index contributed by atoms with van der Waals surface area (Å²) in [5.74, 6) is 0.819. The Labute approximate surface area is 97.5 Å². The standard InChI is InChI=1S/C9H6INO.C2H6/c10-9-11-6-8(12-9)7-4-2-1-3-5-7;1-2/h1-6H;1-2H3. The minimum atomic E-state index is 0.673. The number of oxazole rings is 1. The van der Waals surface area contributed by atoms with E-state index in [1.165, 1.54) is 0 Å². The molecule has 1 heterocycles. The summed E-state index contributed by atoms with van der Waals surface area (Å²) >= 11 is 2.05. The van der Waals surface area contributed by atoms with Crippen LogP contribution in [0.1, 0.15) is 13.8 Å². The van der Waals surface area contributed by atoms with Gasteiger partial charge in [-0.25, -0.2) is 4.98 Å². The molecule has 0 radical (unpaired) electrons. The van der Waals surface area contributed by atoms with Gasteiger partial charge in [-0.15, -0.1) is 0 Å². The van der Waals surface area contributed by atoms with Gasteiger partial charge in [-0.05, 0) is 0 Å². The van der Waals surface area contributed by atoms with Crippen LogP contribution < -0.4 is 0 Å². The highest BCUT2D eigenvalue weighted by atomic mass is 127. The van der Waals surface area contributed by atoms with Crippen LogP contribution in [0, 0.1) is 3.90 Å². The lowest BCUT2D eigenvalue weighted by Crippen LogP contribution is -1.69. The first kappa shape index (κ1) is 11.2. The van der Waals surface area contributed by atoms with Gasteiger partial charge in [-0.3, -0.25) is 0 Å². The molecule has 14 heavy (non-hydrogen) atoms. The smallest absolute Gasteiger partial charge is 0.257 e. The minimum absolute atomic E-state index is 0.673. The van der Waals surface area contributed by atoms with Crippen molar-refractivity contribution in [2.45, 2.75) is 13.8 Å². The van der Waals surface area contributed by atoms with Gasteiger partial charge >= 0.3 is 0 Å². The van der Waals surface area contributed by atoms with Crippen LogP contribution >= 0.6 is 22.6 Å². The molecule has 0 bridgehead atoms. The molecule has 2 nitrogen and oxygen atoms in total. The van der Waals surface area contributed by atoms with Gasteiger partial charge in [-0.2, -0.15) is 0 Å². The summed E-state index contributed by atoms with van der Waals surface area (Å²) < 4.78 is 6.02. The summed E-state index contributed by atoms with van der Waals surface area (Å²) in [5.41, 5.74) is 1.06. The molecule has 0 atom stereocenters. The summed E-state index contributed by atoms with van der Waals surface area (Å²) in [6, 6.07) is 9.92. The van der Waals surface area contributed by atoms with Gasteiger partial charge in [0.25, 0.3) is 3.90 Å². The molecule has 0 saturated carbocycles. The Hall–Kier alpha value is -0.840. The monoisotopic (exact) mass is 301 g/mol. The molecule has 2 aromatic rings. The Morgan fingerprint density at radius 3 is 2.29 bits per heavy atom. The first-order valence-electron chi connectivity index (χ1n) is 4.53. The summed E-state index contributed by atoms with van der Waals surface area (Å²) in [5, 5.41) is 0. The van der Waals surface area contributed by atoms with Crippen molar-refractivity contribution in [2.24, 2.45) is 0 Å². The molecule has 0 unspecified atom stereocenters. The first-order chi connectivity index (χ1) is 6.86. The van der Waals surface area contributed by atoms with Gasteiger partial charge in [-0.1, -0.05) is 44.2 Å². The fraction of sp³-hybridized carbons (Fsp3) is 0.182. The minimum Gasteiger partial charge on any atom is -0.432 e. The number of halogens is 1. The number of aromatic nitrogens is 1. The van der Waals surface area contributed by atoms with E-state index in [4.69, 9.17) is 4.42 Å². The topological polar surface area (TPSA) is 26.0 Å². The maximum absolute atomic E-state index is 5.35. The fourth-order valence-electron chi connectivity index (χ4n) is 0.989. The quantitative estimate of drug-likeness (QED) is 0.745. The molecule has 3 heteroatoms. The molecule has 2 rings (SSSR count). The zero-order valence-corrected chi connectivity index (χ0v) is 10.4. The lowest BCUT2D eigenvalue weighted by Gasteiger charge is -1.92. The molecule has 0 fully saturated rings. The lowest BCUT2D eigenvalue weighted by molar-refractivity contribution is 0.539. The van der Waals surface area contributed by atoms with Crippen LogP contribution in [0.3, 0.4) is 0 Å². The van der Waals surface area contributed by atoms with Crippen molar-refractivity contribution in [3.8, 4) is 11.3 Å². The molecule has 0 saturated heterocycles. The highest BCUT2D eigenvalue weighted by molar-refractivity contribution is 14.1. The Balaban J connectivity index is 0.000000461. The van der Waals surface area contributed by atoms with E-state index in [-0.39, 0.29) is 0 Å². The maximum atomic E-state index is 5.35. The molecule has 1 aromatic heterocycles. The zero-order valence-electron chi connectivity index (χ0n) is 8.20. The molecule has 74 valence electrons. The van der Waals surface area contributed by atoms with E-state index in [9.17, 15) is 0 Å². The van der Waals surface area contributed by atoms with Gasteiger partial charge in [0.1, 0.15) is 0 Å². The van der Waals surface area contributed by atoms with Crippen LogP contribution in [0.25, 0.3) is 11.3 Å². The van der Waals surface area contributed by atoms with E-state index in [1.807, 2.05) is 66.8 Å². The van der Waals surface area contributed by atoms with Crippen molar-refractivity contribution in [1.29, 1.82) is 0 Å². The predicted molar refractivity (Wildman–Crippen MR) is 66.0 cm³/mol. The number of benzene rings is 1. The molecule has 0 spiro atoms. The largest absolute Gasteiger partial charge is 0.432 e.